The molecular formula is C14H20ClNO4. The van der Waals surface area contributed by atoms with Crippen molar-refractivity contribution < 1.29 is 19.1 Å². The van der Waals surface area contributed by atoms with Gasteiger partial charge in [-0.15, -0.1) is 12.4 Å². The summed E-state index contributed by atoms with van der Waals surface area (Å²) in [4.78, 5) is 23.7. The Morgan fingerprint density at radius 1 is 1.05 bits per heavy atom. The van der Waals surface area contributed by atoms with Crippen LogP contribution in [0.25, 0.3) is 0 Å². The highest BCUT2D eigenvalue weighted by Gasteiger charge is 2.34. The third-order valence-electron chi connectivity index (χ3n) is 2.62. The number of carbonyl (C=O) groups excluding carboxylic acids is 2. The molecule has 112 valence electrons. The van der Waals surface area contributed by atoms with Gasteiger partial charge in [-0.25, -0.2) is 0 Å². The largest absolute Gasteiger partial charge is 0.465 e. The van der Waals surface area contributed by atoms with Crippen molar-refractivity contribution >= 4 is 24.3 Å². The quantitative estimate of drug-likeness (QED) is 0.808. The van der Waals surface area contributed by atoms with Gasteiger partial charge in [-0.2, -0.15) is 0 Å². The first-order valence-electron chi connectivity index (χ1n) is 6.25. The predicted molar refractivity (Wildman–Crippen MR) is 77.7 cm³/mol. The number of hydrogen-bond donors (Lipinski definition) is 1. The van der Waals surface area contributed by atoms with Crippen molar-refractivity contribution in [1.82, 2.24) is 0 Å². The van der Waals surface area contributed by atoms with E-state index in [1.54, 1.807) is 38.1 Å². The average molecular weight is 302 g/mol. The van der Waals surface area contributed by atoms with Gasteiger partial charge in [-0.3, -0.25) is 9.59 Å². The lowest BCUT2D eigenvalue weighted by Crippen LogP contribution is -2.42. The molecule has 20 heavy (non-hydrogen) atoms. The van der Waals surface area contributed by atoms with Gasteiger partial charge in [-0.1, -0.05) is 30.3 Å². The fraction of sp³-hybridized carbons (Fsp3) is 0.429. The number of esters is 2. The highest BCUT2D eigenvalue weighted by molar-refractivity contribution is 5.88. The van der Waals surface area contributed by atoms with Crippen LogP contribution < -0.4 is 5.73 Å². The van der Waals surface area contributed by atoms with Gasteiger partial charge in [0.1, 0.15) is 12.0 Å². The lowest BCUT2D eigenvalue weighted by molar-refractivity contribution is -0.153. The molecule has 1 aromatic carbocycles. The molecule has 5 nitrogen and oxygen atoms in total. The number of ether oxygens (including phenoxy) is 2. The van der Waals surface area contributed by atoms with E-state index in [2.05, 4.69) is 0 Å². The predicted octanol–water partition coefficient (Wildman–Crippen LogP) is 1.65. The molecule has 6 heteroatoms. The molecule has 0 aliphatic rings. The van der Waals surface area contributed by atoms with E-state index in [-0.39, 0.29) is 25.6 Å². The normalized spacial score (nSPS) is 12.8. The van der Waals surface area contributed by atoms with Gasteiger partial charge < -0.3 is 15.2 Å². The standard InChI is InChI=1S/C14H19NO4.ClH/c1-3-18-13(16)11(10-8-6-5-7-9-10)12(15)14(17)19-4-2;/h5-9,11-12H,3-4,15H2,1-2H3;1H. The second-order valence-electron chi connectivity index (χ2n) is 3.92. The average Bonchev–Trinajstić information content (AvgIpc) is 2.40. The third kappa shape index (κ3) is 4.83. The SMILES string of the molecule is CCOC(=O)C(N)C(C(=O)OCC)c1ccccc1.Cl. The second-order valence-corrected chi connectivity index (χ2v) is 3.92. The lowest BCUT2D eigenvalue weighted by atomic mass is 9.92. The van der Waals surface area contributed by atoms with Crippen LogP contribution in [0.4, 0.5) is 0 Å². The summed E-state index contributed by atoms with van der Waals surface area (Å²) in [5, 5.41) is 0. The summed E-state index contributed by atoms with van der Waals surface area (Å²) in [5.74, 6) is -1.97. The smallest absolute Gasteiger partial charge is 0.324 e. The van der Waals surface area contributed by atoms with Gasteiger partial charge in [-0.05, 0) is 19.4 Å². The number of rotatable bonds is 6. The van der Waals surface area contributed by atoms with E-state index < -0.39 is 23.9 Å². The van der Waals surface area contributed by atoms with Gasteiger partial charge in [0.2, 0.25) is 0 Å². The fourth-order valence-corrected chi connectivity index (χ4v) is 1.76. The third-order valence-corrected chi connectivity index (χ3v) is 2.62. The Morgan fingerprint density at radius 2 is 1.55 bits per heavy atom. The maximum absolute atomic E-state index is 12.0. The summed E-state index contributed by atoms with van der Waals surface area (Å²) in [5.41, 5.74) is 6.48. The molecule has 2 unspecified atom stereocenters. The lowest BCUT2D eigenvalue weighted by Gasteiger charge is -2.21. The van der Waals surface area contributed by atoms with Crippen LogP contribution in [0.1, 0.15) is 25.3 Å². The number of carbonyl (C=O) groups is 2. The van der Waals surface area contributed by atoms with Crippen LogP contribution in [-0.2, 0) is 19.1 Å². The highest BCUT2D eigenvalue weighted by Crippen LogP contribution is 2.21. The van der Waals surface area contributed by atoms with Crippen molar-refractivity contribution in [2.24, 2.45) is 5.73 Å². The summed E-state index contributed by atoms with van der Waals surface area (Å²) >= 11 is 0. The van der Waals surface area contributed by atoms with Crippen molar-refractivity contribution in [1.29, 1.82) is 0 Å². The minimum atomic E-state index is -1.07. The molecule has 0 aromatic heterocycles. The van der Waals surface area contributed by atoms with E-state index >= 15 is 0 Å². The first-order valence-corrected chi connectivity index (χ1v) is 6.25. The zero-order valence-corrected chi connectivity index (χ0v) is 12.4. The molecule has 0 spiro atoms. The van der Waals surface area contributed by atoms with Gasteiger partial charge in [0, 0.05) is 0 Å². The summed E-state index contributed by atoms with van der Waals surface area (Å²) < 4.78 is 9.84. The van der Waals surface area contributed by atoms with Crippen molar-refractivity contribution in [3.8, 4) is 0 Å². The molecule has 0 amide bonds. The number of nitrogens with two attached hydrogens (primary N) is 1. The molecule has 0 fully saturated rings. The Morgan fingerprint density at radius 3 is 2.05 bits per heavy atom. The van der Waals surface area contributed by atoms with E-state index in [9.17, 15) is 9.59 Å². The molecule has 1 rings (SSSR count). The Labute approximate surface area is 124 Å². The highest BCUT2D eigenvalue weighted by atomic mass is 35.5. The maximum Gasteiger partial charge on any atom is 0.324 e. The zero-order valence-electron chi connectivity index (χ0n) is 11.6. The molecule has 0 heterocycles. The first kappa shape index (κ1) is 18.4. The van der Waals surface area contributed by atoms with Crippen molar-refractivity contribution in [2.45, 2.75) is 25.8 Å². The number of benzene rings is 1. The van der Waals surface area contributed by atoms with E-state index in [1.807, 2.05) is 6.07 Å². The molecule has 2 N–H and O–H groups in total. The first-order chi connectivity index (χ1) is 9.11. The monoisotopic (exact) mass is 301 g/mol. The van der Waals surface area contributed by atoms with Crippen LogP contribution >= 0.6 is 12.4 Å². The molecular weight excluding hydrogens is 282 g/mol. The summed E-state index contributed by atoms with van der Waals surface area (Å²) in [7, 11) is 0. The zero-order chi connectivity index (χ0) is 14.3. The summed E-state index contributed by atoms with van der Waals surface area (Å²) in [6.45, 7) is 3.84. The minimum absolute atomic E-state index is 0. The number of hydrogen-bond acceptors (Lipinski definition) is 5. The van der Waals surface area contributed by atoms with Crippen LogP contribution in [0, 0.1) is 0 Å². The molecule has 0 saturated carbocycles. The van der Waals surface area contributed by atoms with Gasteiger partial charge in [0.25, 0.3) is 0 Å². The van der Waals surface area contributed by atoms with Crippen molar-refractivity contribution in [3.63, 3.8) is 0 Å². The van der Waals surface area contributed by atoms with Crippen LogP contribution in [0.2, 0.25) is 0 Å². The molecule has 1 aromatic rings. The number of halogens is 1. The van der Waals surface area contributed by atoms with Crippen molar-refractivity contribution in [3.05, 3.63) is 35.9 Å². The molecule has 2 atom stereocenters. The van der Waals surface area contributed by atoms with E-state index in [0.717, 1.165) is 0 Å². The molecule has 0 saturated heterocycles. The van der Waals surface area contributed by atoms with Crippen LogP contribution in [0.5, 0.6) is 0 Å². The summed E-state index contributed by atoms with van der Waals surface area (Å²) in [6, 6.07) is 7.78. The van der Waals surface area contributed by atoms with E-state index in [0.29, 0.717) is 5.56 Å². The van der Waals surface area contributed by atoms with Gasteiger partial charge in [0.05, 0.1) is 13.2 Å². The van der Waals surface area contributed by atoms with Gasteiger partial charge >= 0.3 is 11.9 Å². The molecule has 0 aliphatic carbocycles. The Balaban J connectivity index is 0.00000361. The summed E-state index contributed by atoms with van der Waals surface area (Å²) in [6.07, 6.45) is 0. The van der Waals surface area contributed by atoms with Crippen LogP contribution in [0.3, 0.4) is 0 Å². The maximum atomic E-state index is 12.0. The van der Waals surface area contributed by atoms with E-state index in [1.165, 1.54) is 0 Å². The van der Waals surface area contributed by atoms with Crippen LogP contribution in [-0.4, -0.2) is 31.2 Å². The Kier molecular flexibility index (Phi) is 8.59. The topological polar surface area (TPSA) is 78.6 Å². The van der Waals surface area contributed by atoms with E-state index in [4.69, 9.17) is 15.2 Å². The minimum Gasteiger partial charge on any atom is -0.465 e. The Hall–Kier alpha value is -1.59. The second kappa shape index (κ2) is 9.34. The van der Waals surface area contributed by atoms with Crippen molar-refractivity contribution in [2.75, 3.05) is 13.2 Å². The fourth-order valence-electron chi connectivity index (χ4n) is 1.76. The molecule has 0 radical (unpaired) electrons. The van der Waals surface area contributed by atoms with Gasteiger partial charge in [0.15, 0.2) is 0 Å². The molecule has 0 aliphatic heterocycles. The van der Waals surface area contributed by atoms with Crippen LogP contribution in [0.15, 0.2) is 30.3 Å². The Bertz CT molecular complexity index is 424. The molecule has 0 bridgehead atoms.